The standard InChI is InChI=1S/C18H27N3O2/c1-15-3-2-4-18(13-15)20-11-9-19(10-12-20)14-16-5-7-17(8-6-16)21(22)23/h5-8,15,18H,2-4,9-14H2,1H3/t15-,18+/m0/s1. The van der Waals surface area contributed by atoms with Crippen molar-refractivity contribution < 1.29 is 4.92 Å². The maximum absolute atomic E-state index is 10.7. The number of hydrogen-bond acceptors (Lipinski definition) is 4. The smallest absolute Gasteiger partial charge is 0.269 e. The highest BCUT2D eigenvalue weighted by molar-refractivity contribution is 5.32. The third kappa shape index (κ3) is 4.30. The Morgan fingerprint density at radius 2 is 1.83 bits per heavy atom. The first-order valence-corrected chi connectivity index (χ1v) is 8.81. The van der Waals surface area contributed by atoms with E-state index in [9.17, 15) is 10.1 Å². The molecule has 0 bridgehead atoms. The Balaban J connectivity index is 1.48. The summed E-state index contributed by atoms with van der Waals surface area (Å²) in [5.41, 5.74) is 1.33. The number of rotatable bonds is 4. The summed E-state index contributed by atoms with van der Waals surface area (Å²) >= 11 is 0. The summed E-state index contributed by atoms with van der Waals surface area (Å²) in [6, 6.07) is 7.77. The highest BCUT2D eigenvalue weighted by Gasteiger charge is 2.27. The van der Waals surface area contributed by atoms with E-state index in [4.69, 9.17) is 0 Å². The molecule has 1 aromatic carbocycles. The molecule has 2 aliphatic rings. The Labute approximate surface area is 138 Å². The zero-order valence-corrected chi connectivity index (χ0v) is 14.0. The van der Waals surface area contributed by atoms with E-state index in [-0.39, 0.29) is 10.6 Å². The van der Waals surface area contributed by atoms with E-state index in [2.05, 4.69) is 16.7 Å². The minimum Gasteiger partial charge on any atom is -0.298 e. The molecule has 2 fully saturated rings. The Morgan fingerprint density at radius 3 is 2.43 bits per heavy atom. The first kappa shape index (κ1) is 16.4. The normalized spacial score (nSPS) is 27.0. The summed E-state index contributed by atoms with van der Waals surface area (Å²) in [6.07, 6.45) is 5.51. The SMILES string of the molecule is C[C@H]1CCC[C@@H](N2CCN(Cc3ccc([N+](=O)[O-])cc3)CC2)C1. The van der Waals surface area contributed by atoms with Gasteiger partial charge in [0.05, 0.1) is 4.92 Å². The fourth-order valence-corrected chi connectivity index (χ4v) is 4.00. The van der Waals surface area contributed by atoms with Crippen molar-refractivity contribution >= 4 is 5.69 Å². The predicted molar refractivity (Wildman–Crippen MR) is 91.4 cm³/mol. The summed E-state index contributed by atoms with van der Waals surface area (Å²) in [6.45, 7) is 7.79. The van der Waals surface area contributed by atoms with E-state index in [0.29, 0.717) is 0 Å². The van der Waals surface area contributed by atoms with Crippen LogP contribution in [0, 0.1) is 16.0 Å². The van der Waals surface area contributed by atoms with Crippen LogP contribution < -0.4 is 0 Å². The fourth-order valence-electron chi connectivity index (χ4n) is 4.00. The second-order valence-electron chi connectivity index (χ2n) is 7.16. The van der Waals surface area contributed by atoms with Gasteiger partial charge in [-0.15, -0.1) is 0 Å². The third-order valence-corrected chi connectivity index (χ3v) is 5.39. The maximum atomic E-state index is 10.7. The first-order valence-electron chi connectivity index (χ1n) is 8.81. The Hall–Kier alpha value is -1.46. The molecule has 0 amide bonds. The van der Waals surface area contributed by atoms with Crippen LogP contribution in [0.25, 0.3) is 0 Å². The van der Waals surface area contributed by atoms with Crippen molar-refractivity contribution in [1.29, 1.82) is 0 Å². The summed E-state index contributed by atoms with van der Waals surface area (Å²) in [5, 5.41) is 10.7. The summed E-state index contributed by atoms with van der Waals surface area (Å²) in [4.78, 5) is 15.5. The van der Waals surface area contributed by atoms with Crippen molar-refractivity contribution in [2.24, 2.45) is 5.92 Å². The van der Waals surface area contributed by atoms with Crippen LogP contribution in [-0.4, -0.2) is 46.9 Å². The van der Waals surface area contributed by atoms with E-state index >= 15 is 0 Å². The second kappa shape index (κ2) is 7.41. The third-order valence-electron chi connectivity index (χ3n) is 5.39. The molecule has 23 heavy (non-hydrogen) atoms. The molecular weight excluding hydrogens is 290 g/mol. The number of benzene rings is 1. The number of piperazine rings is 1. The molecule has 5 heteroatoms. The van der Waals surface area contributed by atoms with Crippen molar-refractivity contribution in [3.63, 3.8) is 0 Å². The van der Waals surface area contributed by atoms with Crippen LogP contribution in [0.3, 0.4) is 0 Å². The molecule has 0 radical (unpaired) electrons. The van der Waals surface area contributed by atoms with Gasteiger partial charge in [0.25, 0.3) is 5.69 Å². The van der Waals surface area contributed by atoms with E-state index < -0.39 is 0 Å². The molecule has 3 rings (SSSR count). The van der Waals surface area contributed by atoms with Gasteiger partial charge < -0.3 is 0 Å². The van der Waals surface area contributed by atoms with Gasteiger partial charge in [-0.2, -0.15) is 0 Å². The molecule has 0 unspecified atom stereocenters. The topological polar surface area (TPSA) is 49.6 Å². The average Bonchev–Trinajstić information content (AvgIpc) is 2.56. The van der Waals surface area contributed by atoms with Gasteiger partial charge >= 0.3 is 0 Å². The molecule has 5 nitrogen and oxygen atoms in total. The zero-order valence-electron chi connectivity index (χ0n) is 14.0. The van der Waals surface area contributed by atoms with Gasteiger partial charge in [-0.25, -0.2) is 0 Å². The van der Waals surface area contributed by atoms with Crippen molar-refractivity contribution in [1.82, 2.24) is 9.80 Å². The molecule has 2 atom stereocenters. The molecular formula is C18H27N3O2. The zero-order chi connectivity index (χ0) is 16.2. The van der Waals surface area contributed by atoms with Crippen molar-refractivity contribution in [3.8, 4) is 0 Å². The van der Waals surface area contributed by atoms with E-state index in [0.717, 1.165) is 50.2 Å². The van der Waals surface area contributed by atoms with E-state index in [1.165, 1.54) is 25.7 Å². The van der Waals surface area contributed by atoms with Crippen molar-refractivity contribution in [2.45, 2.75) is 45.2 Å². The van der Waals surface area contributed by atoms with Gasteiger partial charge in [0.1, 0.15) is 0 Å². The summed E-state index contributed by atoms with van der Waals surface area (Å²) in [5.74, 6) is 0.881. The molecule has 1 saturated carbocycles. The lowest BCUT2D eigenvalue weighted by atomic mass is 9.86. The van der Waals surface area contributed by atoms with Gasteiger partial charge in [-0.05, 0) is 24.3 Å². The lowest BCUT2D eigenvalue weighted by Crippen LogP contribution is -2.50. The van der Waals surface area contributed by atoms with Crippen LogP contribution in [0.5, 0.6) is 0 Å². The van der Waals surface area contributed by atoms with Crippen LogP contribution in [0.2, 0.25) is 0 Å². The Morgan fingerprint density at radius 1 is 1.13 bits per heavy atom. The predicted octanol–water partition coefficient (Wildman–Crippen LogP) is 3.29. The fraction of sp³-hybridized carbons (Fsp3) is 0.667. The molecule has 1 aromatic rings. The lowest BCUT2D eigenvalue weighted by molar-refractivity contribution is -0.384. The van der Waals surface area contributed by atoms with Crippen LogP contribution in [0.15, 0.2) is 24.3 Å². The monoisotopic (exact) mass is 317 g/mol. The van der Waals surface area contributed by atoms with Crippen LogP contribution in [0.4, 0.5) is 5.69 Å². The van der Waals surface area contributed by atoms with Crippen LogP contribution >= 0.6 is 0 Å². The second-order valence-corrected chi connectivity index (χ2v) is 7.16. The van der Waals surface area contributed by atoms with Gasteiger partial charge in [-0.3, -0.25) is 19.9 Å². The van der Waals surface area contributed by atoms with Gasteiger partial charge in [-0.1, -0.05) is 31.9 Å². The highest BCUT2D eigenvalue weighted by Crippen LogP contribution is 2.28. The van der Waals surface area contributed by atoms with E-state index in [1.807, 2.05) is 12.1 Å². The number of hydrogen-bond donors (Lipinski definition) is 0. The number of nitrogens with zero attached hydrogens (tertiary/aromatic N) is 3. The molecule has 1 aliphatic heterocycles. The Bertz CT molecular complexity index is 524. The lowest BCUT2D eigenvalue weighted by Gasteiger charge is -2.42. The van der Waals surface area contributed by atoms with Gasteiger partial charge in [0, 0.05) is 50.9 Å². The largest absolute Gasteiger partial charge is 0.298 e. The minimum atomic E-state index is -0.340. The van der Waals surface area contributed by atoms with Gasteiger partial charge in [0.2, 0.25) is 0 Å². The maximum Gasteiger partial charge on any atom is 0.269 e. The van der Waals surface area contributed by atoms with Crippen LogP contribution in [-0.2, 0) is 6.54 Å². The number of nitro groups is 1. The number of nitro benzene ring substituents is 1. The molecule has 1 heterocycles. The summed E-state index contributed by atoms with van der Waals surface area (Å²) in [7, 11) is 0. The minimum absolute atomic E-state index is 0.171. The van der Waals surface area contributed by atoms with Crippen molar-refractivity contribution in [3.05, 3.63) is 39.9 Å². The van der Waals surface area contributed by atoms with Crippen LogP contribution in [0.1, 0.15) is 38.2 Å². The molecule has 126 valence electrons. The average molecular weight is 317 g/mol. The number of non-ortho nitro benzene ring substituents is 1. The summed E-state index contributed by atoms with van der Waals surface area (Å²) < 4.78 is 0. The van der Waals surface area contributed by atoms with Gasteiger partial charge in [0.15, 0.2) is 0 Å². The molecule has 1 aliphatic carbocycles. The quantitative estimate of drug-likeness (QED) is 0.631. The first-order chi connectivity index (χ1) is 11.1. The van der Waals surface area contributed by atoms with E-state index in [1.54, 1.807) is 12.1 Å². The molecule has 0 spiro atoms. The Kier molecular flexibility index (Phi) is 5.28. The molecule has 0 N–H and O–H groups in total. The van der Waals surface area contributed by atoms with Crippen molar-refractivity contribution in [2.75, 3.05) is 26.2 Å². The highest BCUT2D eigenvalue weighted by atomic mass is 16.6. The molecule has 0 aromatic heterocycles. The molecule has 1 saturated heterocycles.